The Morgan fingerprint density at radius 2 is 1.52 bits per heavy atom. The predicted molar refractivity (Wildman–Crippen MR) is 192 cm³/mol. The maximum absolute atomic E-state index is 6.54. The molecular formula is C43H29N3O2. The molecule has 5 heterocycles. The molecular weight excluding hydrogens is 590 g/mol. The van der Waals surface area contributed by atoms with E-state index in [4.69, 9.17) is 19.1 Å². The zero-order chi connectivity index (χ0) is 31.7. The predicted octanol–water partition coefficient (Wildman–Crippen LogP) is 10.4. The van der Waals surface area contributed by atoms with E-state index in [-0.39, 0.29) is 17.4 Å². The standard InChI is InChI=1S/C43H29N3O2/c1-43(2)31-17-10-15-29-38(31)46(39-28-13-5-8-20-36(28)48-41(29)39)34-22-21-24(23-32(34)43)37-27-12-3-6-18-33(27)44-42(45-37)30-16-9-14-26-25-11-4-7-19-35(25)47-40(26)30/h3-23,25,35H,1-2H3. The first-order chi connectivity index (χ1) is 23.6. The van der Waals surface area contributed by atoms with E-state index >= 15 is 0 Å². The van der Waals surface area contributed by atoms with Gasteiger partial charge in [-0.3, -0.25) is 0 Å². The third kappa shape index (κ3) is 3.30. The summed E-state index contributed by atoms with van der Waals surface area (Å²) in [5.74, 6) is 1.75. The van der Waals surface area contributed by atoms with Crippen LogP contribution in [0.1, 0.15) is 36.5 Å². The molecule has 0 fully saturated rings. The van der Waals surface area contributed by atoms with Crippen molar-refractivity contribution in [2.75, 3.05) is 0 Å². The molecule has 48 heavy (non-hydrogen) atoms. The summed E-state index contributed by atoms with van der Waals surface area (Å²) in [6, 6.07) is 36.5. The van der Waals surface area contributed by atoms with Crippen LogP contribution in [-0.4, -0.2) is 20.6 Å². The smallest absolute Gasteiger partial charge is 0.164 e. The fourth-order valence-corrected chi connectivity index (χ4v) is 8.44. The molecule has 2 atom stereocenters. The molecule has 0 bridgehead atoms. The number of hydrogen-bond donors (Lipinski definition) is 0. The minimum Gasteiger partial charge on any atom is -0.484 e. The van der Waals surface area contributed by atoms with Crippen molar-refractivity contribution >= 4 is 43.9 Å². The number of benzene rings is 5. The molecule has 3 aromatic heterocycles. The Labute approximate surface area is 276 Å². The molecule has 8 aromatic rings. The number of ether oxygens (including phenoxy) is 1. The van der Waals surface area contributed by atoms with Gasteiger partial charge in [-0.1, -0.05) is 92.7 Å². The molecule has 5 aromatic carbocycles. The lowest BCUT2D eigenvalue weighted by Crippen LogP contribution is -2.26. The van der Waals surface area contributed by atoms with Gasteiger partial charge in [-0.05, 0) is 59.7 Å². The molecule has 0 radical (unpaired) electrons. The largest absolute Gasteiger partial charge is 0.484 e. The Hall–Kier alpha value is -5.94. The molecule has 11 rings (SSSR count). The Balaban J connectivity index is 1.15. The van der Waals surface area contributed by atoms with Crippen LogP contribution in [0.5, 0.6) is 5.75 Å². The van der Waals surface area contributed by atoms with Crippen molar-refractivity contribution in [1.29, 1.82) is 0 Å². The van der Waals surface area contributed by atoms with Crippen molar-refractivity contribution in [3.8, 4) is 34.1 Å². The molecule has 2 unspecified atom stereocenters. The van der Waals surface area contributed by atoms with Gasteiger partial charge < -0.3 is 13.7 Å². The van der Waals surface area contributed by atoms with Crippen LogP contribution in [0.15, 0.2) is 132 Å². The monoisotopic (exact) mass is 619 g/mol. The van der Waals surface area contributed by atoms with Gasteiger partial charge in [0.05, 0.1) is 28.0 Å². The number of fused-ring (bicyclic) bond motifs is 11. The van der Waals surface area contributed by atoms with E-state index in [9.17, 15) is 0 Å². The third-order valence-electron chi connectivity index (χ3n) is 10.7. The summed E-state index contributed by atoms with van der Waals surface area (Å²) in [6.45, 7) is 4.66. The Morgan fingerprint density at radius 3 is 2.46 bits per heavy atom. The van der Waals surface area contributed by atoms with Crippen molar-refractivity contribution in [3.63, 3.8) is 0 Å². The number of hydrogen-bond acceptors (Lipinski definition) is 4. The number of para-hydroxylation sites is 4. The topological polar surface area (TPSA) is 53.1 Å². The molecule has 5 nitrogen and oxygen atoms in total. The summed E-state index contributed by atoms with van der Waals surface area (Å²) >= 11 is 0. The second-order valence-corrected chi connectivity index (χ2v) is 13.7. The maximum Gasteiger partial charge on any atom is 0.164 e. The SMILES string of the molecule is CC1(C)c2cc(-c3nc(-c4cccc5c4OC4C=CC=CC54)nc4ccccc34)ccc2-n2c3c1cccc3c1oc3ccccc3c12. The second-order valence-electron chi connectivity index (χ2n) is 13.7. The van der Waals surface area contributed by atoms with E-state index in [1.165, 1.54) is 27.9 Å². The second kappa shape index (κ2) is 9.11. The van der Waals surface area contributed by atoms with Crippen LogP contribution in [-0.2, 0) is 5.41 Å². The molecule has 0 N–H and O–H groups in total. The highest BCUT2D eigenvalue weighted by atomic mass is 16.5. The number of allylic oxidation sites excluding steroid dienone is 2. The summed E-state index contributed by atoms with van der Waals surface area (Å²) in [4.78, 5) is 10.4. The van der Waals surface area contributed by atoms with E-state index in [0.29, 0.717) is 5.82 Å². The highest BCUT2D eigenvalue weighted by molar-refractivity contribution is 6.18. The first kappa shape index (κ1) is 26.2. The summed E-state index contributed by atoms with van der Waals surface area (Å²) in [5, 5.41) is 3.30. The first-order valence-corrected chi connectivity index (χ1v) is 16.6. The Kier molecular flexibility index (Phi) is 4.96. The van der Waals surface area contributed by atoms with Gasteiger partial charge in [0.25, 0.3) is 0 Å². The van der Waals surface area contributed by atoms with E-state index in [2.05, 4.69) is 134 Å². The molecule has 5 heteroatoms. The number of furan rings is 1. The van der Waals surface area contributed by atoms with Gasteiger partial charge in [0.1, 0.15) is 23.0 Å². The van der Waals surface area contributed by atoms with Crippen LogP contribution in [0.25, 0.3) is 72.2 Å². The minimum absolute atomic E-state index is 0.00389. The van der Waals surface area contributed by atoms with Crippen LogP contribution >= 0.6 is 0 Å². The van der Waals surface area contributed by atoms with Crippen LogP contribution in [0.4, 0.5) is 0 Å². The highest BCUT2D eigenvalue weighted by Crippen LogP contribution is 2.51. The van der Waals surface area contributed by atoms with Crippen LogP contribution in [0, 0.1) is 0 Å². The normalized spacial score (nSPS) is 18.4. The third-order valence-corrected chi connectivity index (χ3v) is 10.7. The fraction of sp³-hybridized carbons (Fsp3) is 0.116. The number of rotatable bonds is 2. The Bertz CT molecular complexity index is 2760. The molecule has 1 aliphatic carbocycles. The van der Waals surface area contributed by atoms with Gasteiger partial charge in [-0.2, -0.15) is 0 Å². The van der Waals surface area contributed by atoms with Crippen molar-refractivity contribution in [2.24, 2.45) is 0 Å². The minimum atomic E-state index is -0.260. The van der Waals surface area contributed by atoms with Gasteiger partial charge in [0.15, 0.2) is 11.4 Å². The molecule has 228 valence electrons. The van der Waals surface area contributed by atoms with Crippen LogP contribution < -0.4 is 4.74 Å². The average molecular weight is 620 g/mol. The van der Waals surface area contributed by atoms with Gasteiger partial charge in [-0.25, -0.2) is 9.97 Å². The summed E-state index contributed by atoms with van der Waals surface area (Å²) in [5.41, 5.74) is 12.6. The number of aromatic nitrogens is 3. The zero-order valence-corrected chi connectivity index (χ0v) is 26.4. The summed E-state index contributed by atoms with van der Waals surface area (Å²) in [6.07, 6.45) is 8.51. The lowest BCUT2D eigenvalue weighted by atomic mass is 9.74. The number of nitrogens with zero attached hydrogens (tertiary/aromatic N) is 3. The molecule has 0 amide bonds. The van der Waals surface area contributed by atoms with Crippen molar-refractivity contribution in [2.45, 2.75) is 31.3 Å². The lowest BCUT2D eigenvalue weighted by Gasteiger charge is -2.35. The first-order valence-electron chi connectivity index (χ1n) is 16.6. The van der Waals surface area contributed by atoms with E-state index in [0.717, 1.165) is 60.9 Å². The summed E-state index contributed by atoms with van der Waals surface area (Å²) < 4.78 is 15.5. The van der Waals surface area contributed by atoms with Gasteiger partial charge in [0, 0.05) is 38.6 Å². The Morgan fingerprint density at radius 1 is 0.708 bits per heavy atom. The molecule has 0 spiro atoms. The van der Waals surface area contributed by atoms with Crippen molar-refractivity contribution < 1.29 is 9.15 Å². The highest BCUT2D eigenvalue weighted by Gasteiger charge is 2.37. The van der Waals surface area contributed by atoms with Gasteiger partial charge in [0.2, 0.25) is 0 Å². The van der Waals surface area contributed by atoms with Gasteiger partial charge in [-0.15, -0.1) is 0 Å². The van der Waals surface area contributed by atoms with E-state index in [1.54, 1.807) is 0 Å². The molecule has 0 saturated heterocycles. The molecule has 2 aliphatic heterocycles. The lowest BCUT2D eigenvalue weighted by molar-refractivity contribution is 0.269. The molecule has 3 aliphatic rings. The van der Waals surface area contributed by atoms with Crippen molar-refractivity contribution in [3.05, 3.63) is 144 Å². The maximum atomic E-state index is 6.54. The zero-order valence-electron chi connectivity index (χ0n) is 26.4. The van der Waals surface area contributed by atoms with Crippen LogP contribution in [0.3, 0.4) is 0 Å². The van der Waals surface area contributed by atoms with Crippen LogP contribution in [0.2, 0.25) is 0 Å². The quantitative estimate of drug-likeness (QED) is 0.193. The molecule has 0 saturated carbocycles. The van der Waals surface area contributed by atoms with Gasteiger partial charge >= 0.3 is 0 Å². The van der Waals surface area contributed by atoms with E-state index < -0.39 is 0 Å². The average Bonchev–Trinajstić information content (AvgIpc) is 3.79. The summed E-state index contributed by atoms with van der Waals surface area (Å²) in [7, 11) is 0. The van der Waals surface area contributed by atoms with E-state index in [1.807, 2.05) is 12.1 Å². The fourth-order valence-electron chi connectivity index (χ4n) is 8.44. The van der Waals surface area contributed by atoms with Crippen molar-refractivity contribution in [1.82, 2.24) is 14.5 Å².